The summed E-state index contributed by atoms with van der Waals surface area (Å²) in [4.78, 5) is 0. The van der Waals surface area contributed by atoms with Crippen molar-refractivity contribution in [2.75, 3.05) is 0 Å². The molecule has 0 saturated heterocycles. The molecule has 0 heteroatoms. The first kappa shape index (κ1) is 9.48. The van der Waals surface area contributed by atoms with Crippen LogP contribution in [0.15, 0.2) is 17.7 Å². The second-order valence-corrected chi connectivity index (χ2v) is 2.48. The van der Waals surface area contributed by atoms with Gasteiger partial charge >= 0.3 is 0 Å². The molecule has 0 spiro atoms. The maximum atomic E-state index is 3.07. The van der Waals surface area contributed by atoms with Crippen LogP contribution in [-0.4, -0.2) is 0 Å². The van der Waals surface area contributed by atoms with Gasteiger partial charge in [0.25, 0.3) is 0 Å². The highest BCUT2D eigenvalue weighted by Crippen LogP contribution is 1.98. The Kier molecular flexibility index (Phi) is 6.25. The molecule has 0 aliphatic carbocycles. The number of rotatable bonds is 4. The van der Waals surface area contributed by atoms with Crippen LogP contribution in [0.2, 0.25) is 0 Å². The Hall–Kier alpha value is -0.520. The van der Waals surface area contributed by atoms with Crippen LogP contribution in [-0.2, 0) is 0 Å². The Balaban J connectivity index is 3.37. The highest BCUT2D eigenvalue weighted by molar-refractivity contribution is 5.11. The van der Waals surface area contributed by atoms with Crippen LogP contribution in [0.1, 0.15) is 40.0 Å². The summed E-state index contributed by atoms with van der Waals surface area (Å²) in [6.45, 7) is 6.23. The molecule has 57 valence electrons. The van der Waals surface area contributed by atoms with E-state index < -0.39 is 0 Å². The molecule has 0 amide bonds. The molecule has 0 fully saturated rings. The summed E-state index contributed by atoms with van der Waals surface area (Å²) in [5, 5.41) is 0. The van der Waals surface area contributed by atoms with Crippen LogP contribution in [0.3, 0.4) is 0 Å². The number of allylic oxidation sites excluding steroid dienone is 4. The van der Waals surface area contributed by atoms with Crippen LogP contribution in [0.4, 0.5) is 0 Å². The quantitative estimate of drug-likeness (QED) is 0.411. The van der Waals surface area contributed by atoms with E-state index in [2.05, 4.69) is 32.1 Å². The molecule has 0 aromatic rings. The van der Waals surface area contributed by atoms with Gasteiger partial charge in [-0.15, -0.1) is 0 Å². The van der Waals surface area contributed by atoms with Gasteiger partial charge in [0.05, 0.1) is 0 Å². The Morgan fingerprint density at radius 1 is 1.50 bits per heavy atom. The lowest BCUT2D eigenvalue weighted by Gasteiger charge is -1.88. The monoisotopic (exact) mass is 137 g/mol. The van der Waals surface area contributed by atoms with Crippen LogP contribution in [0, 0.1) is 6.08 Å². The Morgan fingerprint density at radius 2 is 2.20 bits per heavy atom. The molecule has 1 radical (unpaired) electrons. The van der Waals surface area contributed by atoms with E-state index in [1.807, 2.05) is 6.92 Å². The Bertz CT molecular complexity index is 118. The SMILES string of the molecule is C/[C]=C(C)\C=C\CCCC. The van der Waals surface area contributed by atoms with Crippen molar-refractivity contribution in [2.24, 2.45) is 0 Å². The molecule has 0 aromatic carbocycles. The largest absolute Gasteiger partial charge is 0.0843 e. The predicted molar refractivity (Wildman–Crippen MR) is 46.8 cm³/mol. The van der Waals surface area contributed by atoms with Crippen LogP contribution in [0.25, 0.3) is 0 Å². The van der Waals surface area contributed by atoms with Gasteiger partial charge in [-0.3, -0.25) is 0 Å². The van der Waals surface area contributed by atoms with Gasteiger partial charge in [0.2, 0.25) is 0 Å². The normalized spacial score (nSPS) is 12.9. The third-order valence-corrected chi connectivity index (χ3v) is 1.49. The first-order valence-corrected chi connectivity index (χ1v) is 3.99. The first-order chi connectivity index (χ1) is 4.81. The molecule has 10 heavy (non-hydrogen) atoms. The Labute approximate surface area is 64.6 Å². The van der Waals surface area contributed by atoms with Gasteiger partial charge in [0.1, 0.15) is 0 Å². The average Bonchev–Trinajstić information content (AvgIpc) is 1.98. The fraction of sp³-hybridized carbons (Fsp3) is 0.600. The number of hydrogen-bond donors (Lipinski definition) is 0. The fourth-order valence-corrected chi connectivity index (χ4v) is 0.665. The predicted octanol–water partition coefficient (Wildman–Crippen LogP) is 3.50. The van der Waals surface area contributed by atoms with E-state index in [0.29, 0.717) is 0 Å². The molecule has 0 aliphatic heterocycles. The first-order valence-electron chi connectivity index (χ1n) is 3.99. The second kappa shape index (κ2) is 6.60. The van der Waals surface area contributed by atoms with Gasteiger partial charge in [0, 0.05) is 0 Å². The van der Waals surface area contributed by atoms with Gasteiger partial charge in [-0.25, -0.2) is 0 Å². The molecule has 0 bridgehead atoms. The van der Waals surface area contributed by atoms with Crippen molar-refractivity contribution in [1.29, 1.82) is 0 Å². The maximum Gasteiger partial charge on any atom is -0.0348 e. The van der Waals surface area contributed by atoms with Crippen molar-refractivity contribution in [1.82, 2.24) is 0 Å². The van der Waals surface area contributed by atoms with Crippen molar-refractivity contribution in [3.8, 4) is 0 Å². The minimum atomic E-state index is 1.20. The lowest BCUT2D eigenvalue weighted by Crippen LogP contribution is -1.69. The topological polar surface area (TPSA) is 0 Å². The molecule has 0 aliphatic rings. The summed E-state index contributed by atoms with van der Waals surface area (Å²) in [6, 6.07) is 0. The van der Waals surface area contributed by atoms with E-state index in [-0.39, 0.29) is 0 Å². The van der Waals surface area contributed by atoms with E-state index >= 15 is 0 Å². The van der Waals surface area contributed by atoms with Gasteiger partial charge in [-0.05, 0) is 31.9 Å². The Morgan fingerprint density at radius 3 is 2.70 bits per heavy atom. The van der Waals surface area contributed by atoms with E-state index in [4.69, 9.17) is 0 Å². The summed E-state index contributed by atoms with van der Waals surface area (Å²) in [7, 11) is 0. The van der Waals surface area contributed by atoms with Crippen LogP contribution in [0.5, 0.6) is 0 Å². The molecule has 0 atom stereocenters. The summed E-state index contributed by atoms with van der Waals surface area (Å²) >= 11 is 0. The molecule has 0 rings (SSSR count). The summed E-state index contributed by atoms with van der Waals surface area (Å²) in [5.74, 6) is 0. The maximum absolute atomic E-state index is 3.07. The third kappa shape index (κ3) is 5.61. The minimum Gasteiger partial charge on any atom is -0.0843 e. The fourth-order valence-electron chi connectivity index (χ4n) is 0.665. The summed E-state index contributed by atoms with van der Waals surface area (Å²) < 4.78 is 0. The second-order valence-electron chi connectivity index (χ2n) is 2.48. The molecule has 0 unspecified atom stereocenters. The molecular formula is C10H17. The van der Waals surface area contributed by atoms with Gasteiger partial charge in [-0.1, -0.05) is 31.9 Å². The molecule has 0 N–H and O–H groups in total. The van der Waals surface area contributed by atoms with E-state index in [1.54, 1.807) is 0 Å². The smallest absolute Gasteiger partial charge is 0.0348 e. The van der Waals surface area contributed by atoms with E-state index in [0.717, 1.165) is 0 Å². The minimum absolute atomic E-state index is 1.20. The third-order valence-electron chi connectivity index (χ3n) is 1.49. The van der Waals surface area contributed by atoms with Crippen molar-refractivity contribution < 1.29 is 0 Å². The zero-order valence-corrected chi connectivity index (χ0v) is 7.28. The van der Waals surface area contributed by atoms with Crippen molar-refractivity contribution >= 4 is 0 Å². The molecule has 0 heterocycles. The molecule has 0 nitrogen and oxygen atoms in total. The zero-order valence-electron chi connectivity index (χ0n) is 7.28. The van der Waals surface area contributed by atoms with E-state index in [9.17, 15) is 0 Å². The summed E-state index contributed by atoms with van der Waals surface area (Å²) in [5.41, 5.74) is 1.23. The summed E-state index contributed by atoms with van der Waals surface area (Å²) in [6.07, 6.45) is 11.2. The van der Waals surface area contributed by atoms with Crippen molar-refractivity contribution in [2.45, 2.75) is 40.0 Å². The van der Waals surface area contributed by atoms with E-state index in [1.165, 1.54) is 24.8 Å². The van der Waals surface area contributed by atoms with Gasteiger partial charge in [0.15, 0.2) is 0 Å². The molecular weight excluding hydrogens is 120 g/mol. The highest BCUT2D eigenvalue weighted by Gasteiger charge is 1.78. The average molecular weight is 137 g/mol. The number of unbranched alkanes of at least 4 members (excludes halogenated alkanes) is 2. The van der Waals surface area contributed by atoms with Crippen LogP contribution >= 0.6 is 0 Å². The number of hydrogen-bond acceptors (Lipinski definition) is 0. The molecule has 0 aromatic heterocycles. The highest BCUT2D eigenvalue weighted by atomic mass is 13.8. The lowest BCUT2D eigenvalue weighted by molar-refractivity contribution is 0.814. The van der Waals surface area contributed by atoms with Crippen LogP contribution < -0.4 is 0 Å². The van der Waals surface area contributed by atoms with Gasteiger partial charge in [-0.2, -0.15) is 0 Å². The van der Waals surface area contributed by atoms with Crippen molar-refractivity contribution in [3.05, 3.63) is 23.8 Å². The zero-order chi connectivity index (χ0) is 7.82. The van der Waals surface area contributed by atoms with Crippen molar-refractivity contribution in [3.63, 3.8) is 0 Å². The van der Waals surface area contributed by atoms with Gasteiger partial charge < -0.3 is 0 Å². The molecule has 0 saturated carbocycles. The standard InChI is InChI=1S/C10H17/c1-4-6-7-8-9-10(3)5-2/h8-9H,4,6-7H2,1-3H3/b9-8+,10-5?. The lowest BCUT2D eigenvalue weighted by atomic mass is 10.2.